The van der Waals surface area contributed by atoms with Crippen molar-refractivity contribution in [3.63, 3.8) is 0 Å². The first kappa shape index (κ1) is 11.4. The van der Waals surface area contributed by atoms with Gasteiger partial charge in [-0.3, -0.25) is 4.79 Å². The van der Waals surface area contributed by atoms with Crippen LogP contribution in [0.3, 0.4) is 0 Å². The van der Waals surface area contributed by atoms with Gasteiger partial charge in [0, 0.05) is 26.1 Å². The minimum Gasteiger partial charge on any atom is -0.380 e. The van der Waals surface area contributed by atoms with Gasteiger partial charge in [-0.05, 0) is 6.42 Å². The Morgan fingerprint density at radius 1 is 1.50 bits per heavy atom. The lowest BCUT2D eigenvalue weighted by Crippen LogP contribution is -2.24. The SMILES string of the molecule is CCC(=O)NCCCOCCN. The molecule has 72 valence electrons. The Kier molecular flexibility index (Phi) is 8.05. The van der Waals surface area contributed by atoms with E-state index < -0.39 is 0 Å². The molecule has 0 aromatic heterocycles. The average Bonchev–Trinajstić information content (AvgIpc) is 2.10. The zero-order chi connectivity index (χ0) is 9.23. The summed E-state index contributed by atoms with van der Waals surface area (Å²) >= 11 is 0. The number of amides is 1. The van der Waals surface area contributed by atoms with E-state index >= 15 is 0 Å². The van der Waals surface area contributed by atoms with Gasteiger partial charge in [0.15, 0.2) is 0 Å². The highest BCUT2D eigenvalue weighted by Crippen LogP contribution is 1.81. The first-order chi connectivity index (χ1) is 5.81. The molecule has 0 aromatic rings. The molecule has 0 unspecified atom stereocenters. The van der Waals surface area contributed by atoms with E-state index in [4.69, 9.17) is 10.5 Å². The monoisotopic (exact) mass is 174 g/mol. The topological polar surface area (TPSA) is 64.3 Å². The third-order valence-electron chi connectivity index (χ3n) is 1.37. The summed E-state index contributed by atoms with van der Waals surface area (Å²) < 4.78 is 5.12. The van der Waals surface area contributed by atoms with Crippen LogP contribution in [0.25, 0.3) is 0 Å². The number of nitrogens with one attached hydrogen (secondary N) is 1. The fourth-order valence-electron chi connectivity index (χ4n) is 0.712. The van der Waals surface area contributed by atoms with E-state index in [0.717, 1.165) is 6.42 Å². The Morgan fingerprint density at radius 2 is 2.25 bits per heavy atom. The van der Waals surface area contributed by atoms with Crippen molar-refractivity contribution in [2.45, 2.75) is 19.8 Å². The van der Waals surface area contributed by atoms with E-state index in [-0.39, 0.29) is 5.91 Å². The summed E-state index contributed by atoms with van der Waals surface area (Å²) in [5.41, 5.74) is 5.22. The van der Waals surface area contributed by atoms with Crippen LogP contribution in [0.2, 0.25) is 0 Å². The molecular formula is C8H18N2O2. The first-order valence-electron chi connectivity index (χ1n) is 4.35. The number of carbonyl (C=O) groups is 1. The van der Waals surface area contributed by atoms with Crippen molar-refractivity contribution in [3.05, 3.63) is 0 Å². The molecule has 3 N–H and O–H groups in total. The van der Waals surface area contributed by atoms with Crippen molar-refractivity contribution in [1.82, 2.24) is 5.32 Å². The number of carbonyl (C=O) groups excluding carboxylic acids is 1. The molecule has 0 saturated heterocycles. The van der Waals surface area contributed by atoms with Crippen molar-refractivity contribution in [2.75, 3.05) is 26.3 Å². The maximum Gasteiger partial charge on any atom is 0.219 e. The Balaban J connectivity index is 2.95. The molecule has 0 heterocycles. The standard InChI is InChI=1S/C8H18N2O2/c1-2-8(11)10-5-3-6-12-7-4-9/h2-7,9H2,1H3,(H,10,11). The molecule has 0 atom stereocenters. The zero-order valence-corrected chi connectivity index (χ0v) is 7.64. The highest BCUT2D eigenvalue weighted by molar-refractivity contribution is 5.75. The van der Waals surface area contributed by atoms with E-state index in [9.17, 15) is 4.79 Å². The molecule has 0 rings (SSSR count). The van der Waals surface area contributed by atoms with Gasteiger partial charge in [0.25, 0.3) is 0 Å². The van der Waals surface area contributed by atoms with Gasteiger partial charge in [-0.1, -0.05) is 6.92 Å². The highest BCUT2D eigenvalue weighted by Gasteiger charge is 1.94. The molecule has 0 aliphatic carbocycles. The number of hydrogen-bond donors (Lipinski definition) is 2. The average molecular weight is 174 g/mol. The van der Waals surface area contributed by atoms with Crippen LogP contribution >= 0.6 is 0 Å². The molecule has 4 heteroatoms. The molecule has 0 radical (unpaired) electrons. The van der Waals surface area contributed by atoms with Crippen LogP contribution in [0.15, 0.2) is 0 Å². The fraction of sp³-hybridized carbons (Fsp3) is 0.875. The normalized spacial score (nSPS) is 9.83. The molecule has 0 bridgehead atoms. The molecule has 1 amide bonds. The van der Waals surface area contributed by atoms with Crippen LogP contribution in [-0.4, -0.2) is 32.2 Å². The Labute approximate surface area is 73.5 Å². The quantitative estimate of drug-likeness (QED) is 0.529. The van der Waals surface area contributed by atoms with Gasteiger partial charge >= 0.3 is 0 Å². The zero-order valence-electron chi connectivity index (χ0n) is 7.64. The van der Waals surface area contributed by atoms with E-state index in [1.54, 1.807) is 0 Å². The minimum atomic E-state index is 0.0915. The molecule has 0 aliphatic heterocycles. The maximum absolute atomic E-state index is 10.7. The van der Waals surface area contributed by atoms with Gasteiger partial charge in [0.2, 0.25) is 5.91 Å². The summed E-state index contributed by atoms with van der Waals surface area (Å²) in [7, 11) is 0. The second-order valence-corrected chi connectivity index (χ2v) is 2.46. The second kappa shape index (κ2) is 8.49. The van der Waals surface area contributed by atoms with E-state index in [1.165, 1.54) is 0 Å². The lowest BCUT2D eigenvalue weighted by molar-refractivity contribution is -0.120. The number of nitrogens with two attached hydrogens (primary N) is 1. The summed E-state index contributed by atoms with van der Waals surface area (Å²) in [5.74, 6) is 0.0915. The summed E-state index contributed by atoms with van der Waals surface area (Å²) in [6, 6.07) is 0. The van der Waals surface area contributed by atoms with E-state index in [0.29, 0.717) is 32.7 Å². The van der Waals surface area contributed by atoms with Gasteiger partial charge in [-0.2, -0.15) is 0 Å². The highest BCUT2D eigenvalue weighted by atomic mass is 16.5. The van der Waals surface area contributed by atoms with Crippen molar-refractivity contribution >= 4 is 5.91 Å². The molecule has 0 aliphatic rings. The lowest BCUT2D eigenvalue weighted by atomic mass is 10.4. The van der Waals surface area contributed by atoms with E-state index in [1.807, 2.05) is 6.92 Å². The predicted octanol–water partition coefficient (Wildman–Crippen LogP) is -0.122. The molecule has 4 nitrogen and oxygen atoms in total. The summed E-state index contributed by atoms with van der Waals surface area (Å²) in [5, 5.41) is 2.76. The Hall–Kier alpha value is -0.610. The third kappa shape index (κ3) is 7.50. The Morgan fingerprint density at radius 3 is 2.83 bits per heavy atom. The van der Waals surface area contributed by atoms with Gasteiger partial charge in [-0.15, -0.1) is 0 Å². The summed E-state index contributed by atoms with van der Waals surface area (Å²) in [6.07, 6.45) is 1.40. The fourth-order valence-corrected chi connectivity index (χ4v) is 0.712. The number of hydrogen-bond acceptors (Lipinski definition) is 3. The summed E-state index contributed by atoms with van der Waals surface area (Å²) in [6.45, 7) is 4.35. The largest absolute Gasteiger partial charge is 0.380 e. The van der Waals surface area contributed by atoms with Crippen LogP contribution in [0.1, 0.15) is 19.8 Å². The second-order valence-electron chi connectivity index (χ2n) is 2.46. The van der Waals surface area contributed by atoms with Gasteiger partial charge in [-0.25, -0.2) is 0 Å². The van der Waals surface area contributed by atoms with Crippen LogP contribution in [0.4, 0.5) is 0 Å². The molecule has 0 saturated carbocycles. The Bertz CT molecular complexity index is 118. The molecule has 0 spiro atoms. The number of ether oxygens (including phenoxy) is 1. The summed E-state index contributed by atoms with van der Waals surface area (Å²) in [4.78, 5) is 10.7. The number of rotatable bonds is 7. The van der Waals surface area contributed by atoms with Crippen LogP contribution in [-0.2, 0) is 9.53 Å². The first-order valence-corrected chi connectivity index (χ1v) is 4.35. The molecule has 0 aromatic carbocycles. The van der Waals surface area contributed by atoms with Gasteiger partial charge in [0.05, 0.1) is 6.61 Å². The molecular weight excluding hydrogens is 156 g/mol. The van der Waals surface area contributed by atoms with Crippen LogP contribution in [0, 0.1) is 0 Å². The molecule has 12 heavy (non-hydrogen) atoms. The van der Waals surface area contributed by atoms with Gasteiger partial charge < -0.3 is 15.8 Å². The van der Waals surface area contributed by atoms with Crippen molar-refractivity contribution in [1.29, 1.82) is 0 Å². The van der Waals surface area contributed by atoms with Gasteiger partial charge in [0.1, 0.15) is 0 Å². The van der Waals surface area contributed by atoms with E-state index in [2.05, 4.69) is 5.32 Å². The van der Waals surface area contributed by atoms with Crippen molar-refractivity contribution in [2.24, 2.45) is 5.73 Å². The molecule has 0 fully saturated rings. The maximum atomic E-state index is 10.7. The van der Waals surface area contributed by atoms with Crippen LogP contribution < -0.4 is 11.1 Å². The van der Waals surface area contributed by atoms with Crippen LogP contribution in [0.5, 0.6) is 0 Å². The van der Waals surface area contributed by atoms with Crippen molar-refractivity contribution < 1.29 is 9.53 Å². The predicted molar refractivity (Wildman–Crippen MR) is 47.8 cm³/mol. The minimum absolute atomic E-state index is 0.0915. The van der Waals surface area contributed by atoms with Crippen molar-refractivity contribution in [3.8, 4) is 0 Å². The smallest absolute Gasteiger partial charge is 0.219 e. The lowest BCUT2D eigenvalue weighted by Gasteiger charge is -2.03. The third-order valence-corrected chi connectivity index (χ3v) is 1.37.